The Labute approximate surface area is 79.6 Å². The van der Waals surface area contributed by atoms with Crippen molar-refractivity contribution in [1.29, 1.82) is 0 Å². The standard InChI is InChI=1S/C7H12FIN2/c1-4(10)7-6(8)5(9)2-3-11-7/h4,7,11H,2-3,10H2,1H3. The maximum atomic E-state index is 13.2. The van der Waals surface area contributed by atoms with Crippen LogP contribution in [-0.4, -0.2) is 18.6 Å². The lowest BCUT2D eigenvalue weighted by Crippen LogP contribution is -2.46. The van der Waals surface area contributed by atoms with Gasteiger partial charge in [-0.2, -0.15) is 0 Å². The average Bonchev–Trinajstić information content (AvgIpc) is 1.94. The molecule has 0 radical (unpaired) electrons. The molecule has 2 atom stereocenters. The third-order valence-corrected chi connectivity index (χ3v) is 2.82. The summed E-state index contributed by atoms with van der Waals surface area (Å²) >= 11 is 2.04. The molecular weight excluding hydrogens is 258 g/mol. The molecule has 1 aliphatic heterocycles. The van der Waals surface area contributed by atoms with Gasteiger partial charge in [0.25, 0.3) is 0 Å². The van der Waals surface area contributed by atoms with Crippen molar-refractivity contribution in [2.24, 2.45) is 5.73 Å². The van der Waals surface area contributed by atoms with Crippen LogP contribution in [0.1, 0.15) is 13.3 Å². The maximum absolute atomic E-state index is 13.2. The molecular formula is C7H12FIN2. The summed E-state index contributed by atoms with van der Waals surface area (Å²) in [6.45, 7) is 2.64. The van der Waals surface area contributed by atoms with Crippen LogP contribution in [0.15, 0.2) is 9.41 Å². The molecule has 1 aliphatic rings. The minimum absolute atomic E-state index is 0.0770. The van der Waals surface area contributed by atoms with Crippen LogP contribution in [0, 0.1) is 0 Å². The summed E-state index contributed by atoms with van der Waals surface area (Å²) in [5.41, 5.74) is 5.58. The van der Waals surface area contributed by atoms with Crippen molar-refractivity contribution in [1.82, 2.24) is 5.32 Å². The maximum Gasteiger partial charge on any atom is 0.128 e. The number of nitrogens with two attached hydrogens (primary N) is 1. The highest BCUT2D eigenvalue weighted by Gasteiger charge is 2.24. The second-order valence-electron chi connectivity index (χ2n) is 2.79. The van der Waals surface area contributed by atoms with Crippen LogP contribution in [0.3, 0.4) is 0 Å². The highest BCUT2D eigenvalue weighted by atomic mass is 127. The molecule has 0 saturated carbocycles. The largest absolute Gasteiger partial charge is 0.326 e. The summed E-state index contributed by atoms with van der Waals surface area (Å²) in [6.07, 6.45) is 0.787. The van der Waals surface area contributed by atoms with Crippen molar-refractivity contribution in [2.45, 2.75) is 25.4 Å². The van der Waals surface area contributed by atoms with E-state index >= 15 is 0 Å². The van der Waals surface area contributed by atoms with Crippen molar-refractivity contribution in [2.75, 3.05) is 6.54 Å². The fourth-order valence-corrected chi connectivity index (χ4v) is 1.74. The smallest absolute Gasteiger partial charge is 0.128 e. The summed E-state index contributed by atoms with van der Waals surface area (Å²) in [7, 11) is 0. The Hall–Kier alpha value is 0.320. The molecule has 0 aromatic rings. The molecule has 4 heteroatoms. The van der Waals surface area contributed by atoms with Crippen molar-refractivity contribution in [3.05, 3.63) is 9.41 Å². The van der Waals surface area contributed by atoms with E-state index in [1.807, 2.05) is 29.5 Å². The van der Waals surface area contributed by atoms with Crippen LogP contribution in [-0.2, 0) is 0 Å². The van der Waals surface area contributed by atoms with Gasteiger partial charge < -0.3 is 11.1 Å². The predicted molar refractivity (Wildman–Crippen MR) is 52.2 cm³/mol. The fourth-order valence-electron chi connectivity index (χ4n) is 1.13. The lowest BCUT2D eigenvalue weighted by Gasteiger charge is -2.25. The van der Waals surface area contributed by atoms with Gasteiger partial charge in [0.1, 0.15) is 5.83 Å². The Morgan fingerprint density at radius 3 is 2.91 bits per heavy atom. The first-order chi connectivity index (χ1) is 5.13. The third-order valence-electron chi connectivity index (χ3n) is 1.77. The quantitative estimate of drug-likeness (QED) is 0.705. The van der Waals surface area contributed by atoms with Crippen LogP contribution in [0.2, 0.25) is 0 Å². The first-order valence-corrected chi connectivity index (χ1v) is 4.74. The van der Waals surface area contributed by atoms with Gasteiger partial charge in [-0.3, -0.25) is 0 Å². The Balaban J connectivity index is 2.74. The Kier molecular flexibility index (Phi) is 3.27. The van der Waals surface area contributed by atoms with Crippen LogP contribution in [0.5, 0.6) is 0 Å². The van der Waals surface area contributed by atoms with Crippen LogP contribution in [0.25, 0.3) is 0 Å². The molecule has 0 bridgehead atoms. The van der Waals surface area contributed by atoms with Gasteiger partial charge in [0.15, 0.2) is 0 Å². The highest BCUT2D eigenvalue weighted by Crippen LogP contribution is 2.25. The van der Waals surface area contributed by atoms with Gasteiger partial charge in [-0.05, 0) is 35.9 Å². The molecule has 0 aromatic carbocycles. The van der Waals surface area contributed by atoms with Gasteiger partial charge in [-0.1, -0.05) is 0 Å². The first-order valence-electron chi connectivity index (χ1n) is 3.66. The summed E-state index contributed by atoms with van der Waals surface area (Å²) in [6, 6.07) is -0.421. The minimum Gasteiger partial charge on any atom is -0.326 e. The van der Waals surface area contributed by atoms with E-state index in [1.165, 1.54) is 0 Å². The number of hydrogen-bond acceptors (Lipinski definition) is 2. The summed E-state index contributed by atoms with van der Waals surface area (Å²) < 4.78 is 14.0. The minimum atomic E-state index is -0.268. The molecule has 0 saturated heterocycles. The molecule has 11 heavy (non-hydrogen) atoms. The average molecular weight is 270 g/mol. The number of rotatable bonds is 1. The van der Waals surface area contributed by atoms with Crippen molar-refractivity contribution < 1.29 is 4.39 Å². The van der Waals surface area contributed by atoms with Crippen LogP contribution >= 0.6 is 22.6 Å². The molecule has 0 spiro atoms. The lowest BCUT2D eigenvalue weighted by molar-refractivity contribution is 0.400. The van der Waals surface area contributed by atoms with Gasteiger partial charge in [0.2, 0.25) is 0 Å². The molecule has 1 heterocycles. The molecule has 2 unspecified atom stereocenters. The second kappa shape index (κ2) is 3.82. The van der Waals surface area contributed by atoms with E-state index in [4.69, 9.17) is 5.73 Å². The van der Waals surface area contributed by atoms with Crippen LogP contribution < -0.4 is 11.1 Å². The van der Waals surface area contributed by atoms with E-state index in [9.17, 15) is 4.39 Å². The molecule has 3 N–H and O–H groups in total. The third kappa shape index (κ3) is 2.13. The molecule has 0 amide bonds. The predicted octanol–water partition coefficient (Wildman–Crippen LogP) is 1.31. The Bertz CT molecular complexity index is 179. The van der Waals surface area contributed by atoms with E-state index in [0.717, 1.165) is 16.5 Å². The van der Waals surface area contributed by atoms with E-state index < -0.39 is 0 Å². The zero-order valence-electron chi connectivity index (χ0n) is 6.40. The number of nitrogens with one attached hydrogen (secondary N) is 1. The van der Waals surface area contributed by atoms with Gasteiger partial charge >= 0.3 is 0 Å². The summed E-state index contributed by atoms with van der Waals surface area (Å²) in [4.78, 5) is 0. The number of halogens is 2. The zero-order chi connectivity index (χ0) is 8.43. The normalized spacial score (nSPS) is 28.9. The van der Waals surface area contributed by atoms with E-state index in [-0.39, 0.29) is 17.9 Å². The SMILES string of the molecule is CC(N)C1NCCC(I)=C1F. The molecule has 1 rings (SSSR count). The van der Waals surface area contributed by atoms with Gasteiger partial charge in [-0.25, -0.2) is 4.39 Å². The van der Waals surface area contributed by atoms with E-state index in [0.29, 0.717) is 0 Å². The van der Waals surface area contributed by atoms with E-state index in [1.54, 1.807) is 0 Å². The number of hydrogen-bond donors (Lipinski definition) is 2. The molecule has 0 aliphatic carbocycles. The first kappa shape index (κ1) is 9.41. The lowest BCUT2D eigenvalue weighted by atomic mass is 10.1. The second-order valence-corrected chi connectivity index (χ2v) is 4.10. The van der Waals surface area contributed by atoms with Gasteiger partial charge in [0, 0.05) is 16.2 Å². The monoisotopic (exact) mass is 270 g/mol. The van der Waals surface area contributed by atoms with Gasteiger partial charge in [0.05, 0.1) is 6.04 Å². The zero-order valence-corrected chi connectivity index (χ0v) is 8.56. The highest BCUT2D eigenvalue weighted by molar-refractivity contribution is 14.1. The molecule has 2 nitrogen and oxygen atoms in total. The topological polar surface area (TPSA) is 38.0 Å². The van der Waals surface area contributed by atoms with Crippen LogP contribution in [0.4, 0.5) is 4.39 Å². The summed E-state index contributed by atoms with van der Waals surface area (Å²) in [5, 5.41) is 3.04. The molecule has 0 fully saturated rings. The Morgan fingerprint density at radius 2 is 2.45 bits per heavy atom. The summed E-state index contributed by atoms with van der Waals surface area (Å²) in [5.74, 6) is -0.0770. The van der Waals surface area contributed by atoms with E-state index in [2.05, 4.69) is 5.32 Å². The van der Waals surface area contributed by atoms with Gasteiger partial charge in [-0.15, -0.1) is 0 Å². The molecule has 0 aromatic heterocycles. The van der Waals surface area contributed by atoms with Crippen molar-refractivity contribution in [3.63, 3.8) is 0 Å². The van der Waals surface area contributed by atoms with Crippen molar-refractivity contribution >= 4 is 22.6 Å². The van der Waals surface area contributed by atoms with Crippen molar-refractivity contribution in [3.8, 4) is 0 Å². The molecule has 64 valence electrons. The fraction of sp³-hybridized carbons (Fsp3) is 0.714. The Morgan fingerprint density at radius 1 is 1.82 bits per heavy atom.